The van der Waals surface area contributed by atoms with Crippen LogP contribution in [0.5, 0.6) is 0 Å². The van der Waals surface area contributed by atoms with E-state index in [1.165, 1.54) is 17.9 Å². The number of anilines is 1. The first-order valence-electron chi connectivity index (χ1n) is 8.19. The van der Waals surface area contributed by atoms with Gasteiger partial charge in [0.15, 0.2) is 0 Å². The van der Waals surface area contributed by atoms with E-state index in [1.54, 1.807) is 12.1 Å². The lowest BCUT2D eigenvalue weighted by Crippen LogP contribution is -2.46. The Morgan fingerprint density at radius 3 is 2.44 bits per heavy atom. The number of nitrogens with zero attached hydrogens (tertiary/aromatic N) is 1. The normalized spacial score (nSPS) is 15.5. The Labute approximate surface area is 154 Å². The summed E-state index contributed by atoms with van der Waals surface area (Å²) in [5.41, 5.74) is 0.372. The van der Waals surface area contributed by atoms with Crippen LogP contribution in [0.4, 0.5) is 18.9 Å². The molecule has 0 bridgehead atoms. The van der Waals surface area contributed by atoms with Crippen molar-refractivity contribution < 1.29 is 26.4 Å². The molecule has 0 aliphatic carbocycles. The topological polar surface area (TPSA) is 66.5 Å². The summed E-state index contributed by atoms with van der Waals surface area (Å²) < 4.78 is 66.4. The van der Waals surface area contributed by atoms with Crippen molar-refractivity contribution in [2.45, 2.75) is 30.5 Å². The molecule has 2 aromatic carbocycles. The van der Waals surface area contributed by atoms with E-state index in [-0.39, 0.29) is 0 Å². The third kappa shape index (κ3) is 3.84. The number of alkyl halides is 3. The molecule has 3 rings (SSSR count). The van der Waals surface area contributed by atoms with Gasteiger partial charge in [-0.2, -0.15) is 17.9 Å². The minimum Gasteiger partial charge on any atom is -0.310 e. The lowest BCUT2D eigenvalue weighted by Gasteiger charge is -2.23. The summed E-state index contributed by atoms with van der Waals surface area (Å²) in [5, 5.41) is 0. The Morgan fingerprint density at radius 2 is 1.74 bits per heavy atom. The highest BCUT2D eigenvalue weighted by atomic mass is 32.2. The van der Waals surface area contributed by atoms with Crippen molar-refractivity contribution in [2.24, 2.45) is 0 Å². The number of benzene rings is 2. The van der Waals surface area contributed by atoms with Gasteiger partial charge in [0, 0.05) is 12.2 Å². The highest BCUT2D eigenvalue weighted by Crippen LogP contribution is 2.34. The van der Waals surface area contributed by atoms with Gasteiger partial charge in [0.1, 0.15) is 0 Å². The SMILES string of the molecule is CC(NS(=O)(=O)c1ccccc1C(F)(F)F)C(=O)N1CCc2ccccc21. The van der Waals surface area contributed by atoms with E-state index < -0.39 is 38.6 Å². The lowest BCUT2D eigenvalue weighted by atomic mass is 10.2. The maximum absolute atomic E-state index is 13.1. The van der Waals surface area contributed by atoms with Gasteiger partial charge in [0.05, 0.1) is 16.5 Å². The zero-order valence-electron chi connectivity index (χ0n) is 14.3. The van der Waals surface area contributed by atoms with Crippen molar-refractivity contribution in [2.75, 3.05) is 11.4 Å². The highest BCUT2D eigenvalue weighted by molar-refractivity contribution is 7.89. The third-order valence-corrected chi connectivity index (χ3v) is 5.94. The number of amides is 1. The Kier molecular flexibility index (Phi) is 5.00. The molecular weight excluding hydrogens is 381 g/mol. The maximum atomic E-state index is 13.1. The van der Waals surface area contributed by atoms with Crippen LogP contribution < -0.4 is 9.62 Å². The van der Waals surface area contributed by atoms with Crippen molar-refractivity contribution in [1.82, 2.24) is 4.72 Å². The number of carbonyl (C=O) groups excluding carboxylic acids is 1. The third-order valence-electron chi connectivity index (χ3n) is 4.34. The standard InChI is InChI=1S/C18H17F3N2O3S/c1-12(17(24)23-11-10-13-6-2-4-8-15(13)23)22-27(25,26)16-9-5-3-7-14(16)18(19,20)21/h2-9,12,22H,10-11H2,1H3. The quantitative estimate of drug-likeness (QED) is 0.861. The molecule has 1 atom stereocenters. The minimum atomic E-state index is -4.83. The van der Waals surface area contributed by atoms with E-state index >= 15 is 0 Å². The van der Waals surface area contributed by atoms with Crippen molar-refractivity contribution in [3.05, 3.63) is 59.7 Å². The fraction of sp³-hybridized carbons (Fsp3) is 0.278. The number of halogens is 3. The molecule has 0 aromatic heterocycles. The molecule has 9 heteroatoms. The zero-order chi connectivity index (χ0) is 19.8. The summed E-state index contributed by atoms with van der Waals surface area (Å²) in [7, 11) is -4.54. The van der Waals surface area contributed by atoms with Gasteiger partial charge in [-0.3, -0.25) is 4.79 Å². The number of hydrogen-bond donors (Lipinski definition) is 1. The van der Waals surface area contributed by atoms with Crippen molar-refractivity contribution in [3.8, 4) is 0 Å². The number of sulfonamides is 1. The van der Waals surface area contributed by atoms with Crippen LogP contribution in [0.15, 0.2) is 53.4 Å². The number of para-hydroxylation sites is 1. The summed E-state index contributed by atoms with van der Waals surface area (Å²) in [6, 6.07) is 9.88. The van der Waals surface area contributed by atoms with Crippen LogP contribution in [0, 0.1) is 0 Å². The van der Waals surface area contributed by atoms with Gasteiger partial charge < -0.3 is 4.90 Å². The lowest BCUT2D eigenvalue weighted by molar-refractivity contribution is -0.139. The van der Waals surface area contributed by atoms with E-state index in [4.69, 9.17) is 0 Å². The summed E-state index contributed by atoms with van der Waals surface area (Å²) in [6.45, 7) is 1.71. The van der Waals surface area contributed by atoms with Crippen LogP contribution in [0.25, 0.3) is 0 Å². The molecule has 0 saturated carbocycles. The number of carbonyl (C=O) groups is 1. The van der Waals surface area contributed by atoms with Gasteiger partial charge in [-0.25, -0.2) is 8.42 Å². The van der Waals surface area contributed by atoms with Crippen LogP contribution in [0.3, 0.4) is 0 Å². The molecule has 0 radical (unpaired) electrons. The van der Waals surface area contributed by atoms with E-state index in [2.05, 4.69) is 4.72 Å². The summed E-state index contributed by atoms with van der Waals surface area (Å²) in [6.07, 6.45) is -4.19. The molecule has 0 spiro atoms. The first-order valence-corrected chi connectivity index (χ1v) is 9.67. The Balaban J connectivity index is 1.84. The number of nitrogens with one attached hydrogen (secondary N) is 1. The number of fused-ring (bicyclic) bond motifs is 1. The molecule has 1 heterocycles. The van der Waals surface area contributed by atoms with Crippen molar-refractivity contribution in [1.29, 1.82) is 0 Å². The summed E-state index contributed by atoms with van der Waals surface area (Å²) in [4.78, 5) is 13.2. The first kappa shape index (κ1) is 19.4. The highest BCUT2D eigenvalue weighted by Gasteiger charge is 2.38. The average Bonchev–Trinajstić information content (AvgIpc) is 3.04. The van der Waals surface area contributed by atoms with E-state index in [0.29, 0.717) is 24.7 Å². The predicted molar refractivity (Wildman–Crippen MR) is 93.7 cm³/mol. The molecule has 1 aliphatic rings. The molecule has 1 unspecified atom stereocenters. The van der Waals surface area contributed by atoms with Gasteiger partial charge in [0.2, 0.25) is 15.9 Å². The fourth-order valence-electron chi connectivity index (χ4n) is 3.08. The molecule has 0 saturated heterocycles. The van der Waals surface area contributed by atoms with Crippen molar-refractivity contribution >= 4 is 21.6 Å². The molecule has 5 nitrogen and oxygen atoms in total. The monoisotopic (exact) mass is 398 g/mol. The van der Waals surface area contributed by atoms with Crippen LogP contribution in [0.2, 0.25) is 0 Å². The Hall–Kier alpha value is -2.39. The minimum absolute atomic E-state index is 0.392. The van der Waals surface area contributed by atoms with Crippen LogP contribution >= 0.6 is 0 Å². The second-order valence-electron chi connectivity index (χ2n) is 6.21. The molecule has 144 valence electrons. The molecule has 1 N–H and O–H groups in total. The largest absolute Gasteiger partial charge is 0.417 e. The first-order chi connectivity index (χ1) is 12.6. The Bertz CT molecular complexity index is 974. The van der Waals surface area contributed by atoms with Crippen LogP contribution in [-0.2, 0) is 27.4 Å². The molecule has 1 aliphatic heterocycles. The van der Waals surface area contributed by atoms with E-state index in [0.717, 1.165) is 17.7 Å². The fourth-order valence-corrected chi connectivity index (χ4v) is 4.51. The second kappa shape index (κ2) is 6.97. The Morgan fingerprint density at radius 1 is 1.11 bits per heavy atom. The van der Waals surface area contributed by atoms with Crippen LogP contribution in [0.1, 0.15) is 18.1 Å². The zero-order valence-corrected chi connectivity index (χ0v) is 15.1. The van der Waals surface area contributed by atoms with Gasteiger partial charge in [0.25, 0.3) is 0 Å². The van der Waals surface area contributed by atoms with Gasteiger partial charge in [-0.15, -0.1) is 0 Å². The molecule has 2 aromatic rings. The van der Waals surface area contributed by atoms with E-state index in [1.807, 2.05) is 12.1 Å². The molecular formula is C18H17F3N2O3S. The maximum Gasteiger partial charge on any atom is 0.417 e. The smallest absolute Gasteiger partial charge is 0.310 e. The van der Waals surface area contributed by atoms with Gasteiger partial charge >= 0.3 is 6.18 Å². The molecule has 27 heavy (non-hydrogen) atoms. The molecule has 1 amide bonds. The van der Waals surface area contributed by atoms with Gasteiger partial charge in [-0.05, 0) is 37.1 Å². The van der Waals surface area contributed by atoms with Crippen LogP contribution in [-0.4, -0.2) is 26.9 Å². The van der Waals surface area contributed by atoms with Gasteiger partial charge in [-0.1, -0.05) is 30.3 Å². The average molecular weight is 398 g/mol. The summed E-state index contributed by atoms with van der Waals surface area (Å²) >= 11 is 0. The predicted octanol–water partition coefficient (Wildman–Crippen LogP) is 2.96. The van der Waals surface area contributed by atoms with Crippen molar-refractivity contribution in [3.63, 3.8) is 0 Å². The number of hydrogen-bond acceptors (Lipinski definition) is 3. The summed E-state index contributed by atoms with van der Waals surface area (Å²) in [5.74, 6) is -0.520. The van der Waals surface area contributed by atoms with E-state index in [9.17, 15) is 26.4 Å². The second-order valence-corrected chi connectivity index (χ2v) is 7.89. The molecule has 0 fully saturated rings. The number of rotatable bonds is 4.